The first-order valence-electron chi connectivity index (χ1n) is 8.29. The second-order valence-corrected chi connectivity index (χ2v) is 7.58. The van der Waals surface area contributed by atoms with Crippen LogP contribution in [0.3, 0.4) is 0 Å². The number of benzene rings is 1. The van der Waals surface area contributed by atoms with Crippen LogP contribution in [-0.4, -0.2) is 49.5 Å². The van der Waals surface area contributed by atoms with Gasteiger partial charge in [-0.15, -0.1) is 0 Å². The lowest BCUT2D eigenvalue weighted by Crippen LogP contribution is -2.39. The van der Waals surface area contributed by atoms with Crippen LogP contribution >= 0.6 is 0 Å². The monoisotopic (exact) mass is 426 g/mol. The van der Waals surface area contributed by atoms with Crippen molar-refractivity contribution in [1.29, 1.82) is 0 Å². The molecule has 1 unspecified atom stereocenters. The molecule has 0 aromatic heterocycles. The Hall–Kier alpha value is -2.14. The molecule has 0 radical (unpaired) electrons. The lowest BCUT2D eigenvalue weighted by Gasteiger charge is -2.19. The van der Waals surface area contributed by atoms with Gasteiger partial charge in [-0.05, 0) is 18.9 Å². The number of ether oxygens (including phenoxy) is 2. The summed E-state index contributed by atoms with van der Waals surface area (Å²) >= 11 is 0. The van der Waals surface area contributed by atoms with Crippen molar-refractivity contribution in [2.45, 2.75) is 44.9 Å². The third-order valence-corrected chi connectivity index (χ3v) is 4.26. The molecule has 0 aliphatic heterocycles. The number of carbonyl (C=O) groups is 2. The van der Waals surface area contributed by atoms with Crippen molar-refractivity contribution >= 4 is 22.1 Å². The first kappa shape index (κ1) is 23.9. The van der Waals surface area contributed by atoms with Crippen LogP contribution in [0.2, 0.25) is 0 Å². The molecule has 1 N–H and O–H groups in total. The zero-order chi connectivity index (χ0) is 21.4. The number of halogens is 3. The van der Waals surface area contributed by atoms with E-state index in [0.717, 1.165) is 11.1 Å². The third-order valence-electron chi connectivity index (χ3n) is 3.54. The van der Waals surface area contributed by atoms with Gasteiger partial charge in [0, 0.05) is 19.3 Å². The SMILES string of the molecule is Cc1ccc(CCOC(=O)CCCC(=O)OC(CS(=O)(=O)O)C(F)(F)F)cc1. The molecule has 28 heavy (non-hydrogen) atoms. The van der Waals surface area contributed by atoms with Crippen molar-refractivity contribution < 1.29 is 45.2 Å². The molecule has 158 valence electrons. The Balaban J connectivity index is 2.31. The maximum atomic E-state index is 12.6. The van der Waals surface area contributed by atoms with Gasteiger partial charge in [0.25, 0.3) is 10.1 Å². The summed E-state index contributed by atoms with van der Waals surface area (Å²) in [6.45, 7) is 2.06. The summed E-state index contributed by atoms with van der Waals surface area (Å²) in [5, 5.41) is 0. The number of carbonyl (C=O) groups excluding carboxylic acids is 2. The average Bonchev–Trinajstić information content (AvgIpc) is 2.54. The lowest BCUT2D eigenvalue weighted by molar-refractivity contribution is -0.215. The highest BCUT2D eigenvalue weighted by Gasteiger charge is 2.45. The van der Waals surface area contributed by atoms with Gasteiger partial charge in [-0.2, -0.15) is 21.6 Å². The highest BCUT2D eigenvalue weighted by molar-refractivity contribution is 7.85. The van der Waals surface area contributed by atoms with Crippen LogP contribution in [0.1, 0.15) is 30.4 Å². The van der Waals surface area contributed by atoms with Gasteiger partial charge in [0.1, 0.15) is 5.75 Å². The zero-order valence-corrected chi connectivity index (χ0v) is 15.9. The summed E-state index contributed by atoms with van der Waals surface area (Å²) in [6.07, 6.45) is -8.50. The van der Waals surface area contributed by atoms with Crippen molar-refractivity contribution in [3.05, 3.63) is 35.4 Å². The molecule has 0 amide bonds. The van der Waals surface area contributed by atoms with Crippen LogP contribution < -0.4 is 0 Å². The van der Waals surface area contributed by atoms with E-state index < -0.39 is 46.5 Å². The summed E-state index contributed by atoms with van der Waals surface area (Å²) in [7, 11) is -4.99. The van der Waals surface area contributed by atoms with Gasteiger partial charge in [0.15, 0.2) is 0 Å². The maximum absolute atomic E-state index is 12.6. The van der Waals surface area contributed by atoms with Crippen molar-refractivity contribution in [3.8, 4) is 0 Å². The van der Waals surface area contributed by atoms with Crippen molar-refractivity contribution in [2.24, 2.45) is 0 Å². The summed E-state index contributed by atoms with van der Waals surface area (Å²) in [6, 6.07) is 7.61. The maximum Gasteiger partial charge on any atom is 0.426 e. The highest BCUT2D eigenvalue weighted by atomic mass is 32.2. The van der Waals surface area contributed by atoms with E-state index >= 15 is 0 Å². The molecule has 1 aromatic carbocycles. The van der Waals surface area contributed by atoms with Crippen molar-refractivity contribution in [1.82, 2.24) is 0 Å². The predicted octanol–water partition coefficient (Wildman–Crippen LogP) is 2.61. The van der Waals surface area contributed by atoms with Crippen molar-refractivity contribution in [2.75, 3.05) is 12.4 Å². The van der Waals surface area contributed by atoms with Gasteiger partial charge >= 0.3 is 18.1 Å². The average molecular weight is 426 g/mol. The zero-order valence-electron chi connectivity index (χ0n) is 15.1. The van der Waals surface area contributed by atoms with Crippen LogP contribution in [0.4, 0.5) is 13.2 Å². The number of aryl methyl sites for hydroxylation is 1. The minimum Gasteiger partial charge on any atom is -0.465 e. The van der Waals surface area contributed by atoms with Gasteiger partial charge in [-0.25, -0.2) is 0 Å². The second kappa shape index (κ2) is 10.4. The van der Waals surface area contributed by atoms with Crippen LogP contribution in [0.25, 0.3) is 0 Å². The number of hydrogen-bond acceptors (Lipinski definition) is 6. The second-order valence-electron chi connectivity index (χ2n) is 6.08. The normalized spacial score (nSPS) is 13.0. The minimum atomic E-state index is -5.15. The van der Waals surface area contributed by atoms with Crippen LogP contribution in [0.15, 0.2) is 24.3 Å². The number of hydrogen-bond donors (Lipinski definition) is 1. The molecule has 0 heterocycles. The van der Waals surface area contributed by atoms with Crippen LogP contribution in [0.5, 0.6) is 0 Å². The van der Waals surface area contributed by atoms with E-state index in [2.05, 4.69) is 4.74 Å². The molecule has 1 rings (SSSR count). The van der Waals surface area contributed by atoms with E-state index in [4.69, 9.17) is 9.29 Å². The Morgan fingerprint density at radius 2 is 1.68 bits per heavy atom. The molecule has 0 fully saturated rings. The Labute approximate surface area is 160 Å². The van der Waals surface area contributed by atoms with Crippen LogP contribution in [0, 0.1) is 6.92 Å². The number of rotatable bonds is 10. The minimum absolute atomic E-state index is 0.122. The molecule has 0 spiro atoms. The van der Waals surface area contributed by atoms with Gasteiger partial charge in [-0.3, -0.25) is 14.1 Å². The van der Waals surface area contributed by atoms with Gasteiger partial charge in [0.05, 0.1) is 6.61 Å². The molecular formula is C17H21F3O7S. The molecule has 0 aliphatic rings. The van der Waals surface area contributed by atoms with Gasteiger partial charge < -0.3 is 9.47 Å². The van der Waals surface area contributed by atoms with E-state index in [1.165, 1.54) is 0 Å². The summed E-state index contributed by atoms with van der Waals surface area (Å²) in [4.78, 5) is 23.0. The quantitative estimate of drug-likeness (QED) is 0.453. The van der Waals surface area contributed by atoms with E-state index in [1.54, 1.807) is 0 Å². The Morgan fingerprint density at radius 3 is 2.21 bits per heavy atom. The molecular weight excluding hydrogens is 405 g/mol. The van der Waals surface area contributed by atoms with Crippen LogP contribution in [-0.2, 0) is 35.6 Å². The van der Waals surface area contributed by atoms with E-state index in [-0.39, 0.29) is 19.4 Å². The third kappa shape index (κ3) is 10.3. The summed E-state index contributed by atoms with van der Waals surface area (Å²) in [5.74, 6) is -3.74. The first-order chi connectivity index (χ1) is 12.9. The predicted molar refractivity (Wildman–Crippen MR) is 92.0 cm³/mol. The highest BCUT2D eigenvalue weighted by Crippen LogP contribution is 2.24. The van der Waals surface area contributed by atoms with Crippen molar-refractivity contribution in [3.63, 3.8) is 0 Å². The molecule has 11 heteroatoms. The van der Waals surface area contributed by atoms with Gasteiger partial charge in [0.2, 0.25) is 6.10 Å². The molecule has 0 aliphatic carbocycles. The molecule has 1 aromatic rings. The first-order valence-corrected chi connectivity index (χ1v) is 9.90. The fraction of sp³-hybridized carbons (Fsp3) is 0.529. The number of alkyl halides is 3. The number of esters is 2. The van der Waals surface area contributed by atoms with Gasteiger partial charge in [-0.1, -0.05) is 29.8 Å². The molecule has 7 nitrogen and oxygen atoms in total. The lowest BCUT2D eigenvalue weighted by atomic mass is 10.1. The Bertz CT molecular complexity index is 758. The Morgan fingerprint density at radius 1 is 1.11 bits per heavy atom. The largest absolute Gasteiger partial charge is 0.465 e. The molecule has 0 saturated carbocycles. The van der Waals surface area contributed by atoms with E-state index in [9.17, 15) is 31.2 Å². The molecule has 1 atom stereocenters. The molecule has 0 saturated heterocycles. The smallest absolute Gasteiger partial charge is 0.426 e. The fourth-order valence-electron chi connectivity index (χ4n) is 2.09. The van der Waals surface area contributed by atoms with E-state index in [0.29, 0.717) is 6.42 Å². The van der Waals surface area contributed by atoms with E-state index in [1.807, 2.05) is 31.2 Å². The fourth-order valence-corrected chi connectivity index (χ4v) is 2.73. The molecule has 0 bridgehead atoms. The topological polar surface area (TPSA) is 107 Å². The Kier molecular flexibility index (Phi) is 8.89. The summed E-state index contributed by atoms with van der Waals surface area (Å²) in [5.41, 5.74) is 2.07. The standard InChI is InChI=1S/C17H21F3O7S/c1-12-5-7-13(8-6-12)9-10-26-15(21)3-2-4-16(22)27-14(17(18,19)20)11-28(23,24)25/h5-8,14H,2-4,9-11H2,1H3,(H,23,24,25). The summed E-state index contributed by atoms with van der Waals surface area (Å²) < 4.78 is 76.7.